The third-order valence-corrected chi connectivity index (χ3v) is 8.65. The van der Waals surface area contributed by atoms with Crippen molar-refractivity contribution in [2.45, 2.75) is 0 Å². The maximum atomic E-state index is 5.11. The third-order valence-electron chi connectivity index (χ3n) is 8.65. The highest BCUT2D eigenvalue weighted by Crippen LogP contribution is 2.36. The summed E-state index contributed by atoms with van der Waals surface area (Å²) in [4.78, 5) is 23.4. The zero-order chi connectivity index (χ0) is 31.2. The minimum atomic E-state index is 0.637. The van der Waals surface area contributed by atoms with Crippen LogP contribution in [0.1, 0.15) is 0 Å². The van der Waals surface area contributed by atoms with Gasteiger partial charge in [-0.25, -0.2) is 19.9 Å². The van der Waals surface area contributed by atoms with Gasteiger partial charge in [-0.05, 0) is 45.5 Å². The molecule has 9 rings (SSSR count). The first-order valence-corrected chi connectivity index (χ1v) is 15.7. The Bertz CT molecular complexity index is 2500. The Morgan fingerprint density at radius 1 is 0.362 bits per heavy atom. The smallest absolute Gasteiger partial charge is 0.164 e. The predicted octanol–water partition coefficient (Wildman–Crippen LogP) is 10.4. The highest BCUT2D eigenvalue weighted by atomic mass is 15.0. The summed E-state index contributed by atoms with van der Waals surface area (Å²) in [7, 11) is 0. The van der Waals surface area contributed by atoms with Crippen LogP contribution in [0.5, 0.6) is 0 Å². The first-order chi connectivity index (χ1) is 23.3. The van der Waals surface area contributed by atoms with Crippen LogP contribution in [0.15, 0.2) is 158 Å². The van der Waals surface area contributed by atoms with E-state index in [9.17, 15) is 0 Å². The molecule has 5 heteroatoms. The zero-order valence-electron chi connectivity index (χ0n) is 25.3. The minimum Gasteiger partial charge on any atom is -0.338 e. The summed E-state index contributed by atoms with van der Waals surface area (Å²) >= 11 is 0. The van der Waals surface area contributed by atoms with Crippen LogP contribution in [-0.4, -0.2) is 24.9 Å². The van der Waals surface area contributed by atoms with E-state index < -0.39 is 0 Å². The van der Waals surface area contributed by atoms with Crippen molar-refractivity contribution in [3.05, 3.63) is 158 Å². The second-order valence-corrected chi connectivity index (χ2v) is 11.6. The van der Waals surface area contributed by atoms with Gasteiger partial charge >= 0.3 is 0 Å². The number of nitrogens with zero attached hydrogens (tertiary/aromatic N) is 4. The standard InChI is InChI=1S/C42H27N5/c1-4-11-29(12-5-1)39-43-36-24-23-28-21-19-27-20-22-33(26-35(27)37(28)38(36)44-39)32-17-10-18-34(25-32)42-46-40(30-13-6-2-7-14-30)45-41(47-42)31-15-8-3-9-16-31/h1-26H,(H,43,44). The van der Waals surface area contributed by atoms with Crippen LogP contribution < -0.4 is 0 Å². The van der Waals surface area contributed by atoms with Gasteiger partial charge in [0.05, 0.1) is 11.0 Å². The molecule has 1 N–H and O–H groups in total. The van der Waals surface area contributed by atoms with Gasteiger partial charge in [-0.2, -0.15) is 0 Å². The fourth-order valence-electron chi connectivity index (χ4n) is 6.30. The fraction of sp³-hybridized carbons (Fsp3) is 0. The quantitative estimate of drug-likeness (QED) is 0.199. The van der Waals surface area contributed by atoms with Gasteiger partial charge in [-0.3, -0.25) is 0 Å². The second kappa shape index (κ2) is 11.2. The Hall–Kier alpha value is -6.46. The molecule has 0 radical (unpaired) electrons. The van der Waals surface area contributed by atoms with Gasteiger partial charge in [0.1, 0.15) is 5.82 Å². The number of fused-ring (bicyclic) bond motifs is 5. The number of benzene rings is 7. The number of nitrogens with one attached hydrogen (secondary N) is 1. The zero-order valence-corrected chi connectivity index (χ0v) is 25.3. The van der Waals surface area contributed by atoms with Gasteiger partial charge in [-0.15, -0.1) is 0 Å². The molecule has 0 spiro atoms. The van der Waals surface area contributed by atoms with E-state index in [-0.39, 0.29) is 0 Å². The van der Waals surface area contributed by atoms with E-state index in [0.717, 1.165) is 61.0 Å². The van der Waals surface area contributed by atoms with Gasteiger partial charge in [-0.1, -0.05) is 140 Å². The van der Waals surface area contributed by atoms with Crippen LogP contribution in [0.4, 0.5) is 0 Å². The molecule has 9 aromatic rings. The molecule has 0 aliphatic rings. The summed E-state index contributed by atoms with van der Waals surface area (Å²) < 4.78 is 0. The van der Waals surface area contributed by atoms with Gasteiger partial charge in [0, 0.05) is 27.6 Å². The van der Waals surface area contributed by atoms with E-state index in [0.29, 0.717) is 17.5 Å². The van der Waals surface area contributed by atoms with E-state index in [4.69, 9.17) is 19.9 Å². The molecule has 0 saturated heterocycles. The molecular weight excluding hydrogens is 574 g/mol. The molecule has 0 amide bonds. The number of rotatable bonds is 5. The molecule has 0 unspecified atom stereocenters. The van der Waals surface area contributed by atoms with Crippen molar-refractivity contribution in [2.24, 2.45) is 0 Å². The van der Waals surface area contributed by atoms with E-state index in [1.165, 1.54) is 10.8 Å². The number of aromatic nitrogens is 5. The molecule has 0 aliphatic carbocycles. The van der Waals surface area contributed by atoms with Crippen LogP contribution >= 0.6 is 0 Å². The number of hydrogen-bond acceptors (Lipinski definition) is 4. The maximum Gasteiger partial charge on any atom is 0.164 e. The summed E-state index contributed by atoms with van der Waals surface area (Å²) in [6, 6.07) is 54.2. The summed E-state index contributed by atoms with van der Waals surface area (Å²) in [5, 5.41) is 4.65. The van der Waals surface area contributed by atoms with Crippen LogP contribution in [-0.2, 0) is 0 Å². The molecule has 220 valence electrons. The monoisotopic (exact) mass is 601 g/mol. The third kappa shape index (κ3) is 4.91. The summed E-state index contributed by atoms with van der Waals surface area (Å²) in [6.07, 6.45) is 0. The lowest BCUT2D eigenvalue weighted by Crippen LogP contribution is -2.00. The molecule has 0 atom stereocenters. The SMILES string of the molecule is c1ccc(-c2nc(-c3ccccc3)nc(-c3cccc(-c4ccc5ccc6ccc7[nH]c(-c8ccccc8)nc7c6c5c4)c3)n2)cc1. The molecular formula is C42H27N5. The van der Waals surface area contributed by atoms with Gasteiger partial charge in [0.25, 0.3) is 0 Å². The maximum absolute atomic E-state index is 5.11. The molecule has 0 fully saturated rings. The summed E-state index contributed by atoms with van der Waals surface area (Å²) in [6.45, 7) is 0. The van der Waals surface area contributed by atoms with Crippen molar-refractivity contribution in [3.8, 4) is 56.7 Å². The van der Waals surface area contributed by atoms with Crippen LogP contribution in [0, 0.1) is 0 Å². The Kier molecular flexibility index (Phi) is 6.39. The van der Waals surface area contributed by atoms with Crippen LogP contribution in [0.25, 0.3) is 89.3 Å². The fourth-order valence-corrected chi connectivity index (χ4v) is 6.30. The lowest BCUT2D eigenvalue weighted by atomic mass is 9.95. The van der Waals surface area contributed by atoms with E-state index in [1.54, 1.807) is 0 Å². The van der Waals surface area contributed by atoms with E-state index in [1.807, 2.05) is 78.9 Å². The molecule has 0 saturated carbocycles. The average Bonchev–Trinajstić information content (AvgIpc) is 3.60. The second-order valence-electron chi connectivity index (χ2n) is 11.6. The normalized spacial score (nSPS) is 11.4. The van der Waals surface area contributed by atoms with Gasteiger partial charge in [0.15, 0.2) is 17.5 Å². The first kappa shape index (κ1) is 26.9. The van der Waals surface area contributed by atoms with Crippen molar-refractivity contribution in [2.75, 3.05) is 0 Å². The molecule has 2 heterocycles. The average molecular weight is 602 g/mol. The number of imidazole rings is 1. The van der Waals surface area contributed by atoms with Crippen LogP contribution in [0.3, 0.4) is 0 Å². The number of hydrogen-bond donors (Lipinski definition) is 1. The highest BCUT2D eigenvalue weighted by Gasteiger charge is 2.15. The van der Waals surface area contributed by atoms with E-state index >= 15 is 0 Å². The van der Waals surface area contributed by atoms with Crippen molar-refractivity contribution in [1.82, 2.24) is 24.9 Å². The molecule has 7 aromatic carbocycles. The Morgan fingerprint density at radius 2 is 0.872 bits per heavy atom. The lowest BCUT2D eigenvalue weighted by Gasteiger charge is -2.11. The Labute approximate surface area is 271 Å². The number of H-pyrrole nitrogens is 1. The van der Waals surface area contributed by atoms with E-state index in [2.05, 4.69) is 83.8 Å². The molecule has 0 aliphatic heterocycles. The topological polar surface area (TPSA) is 67.3 Å². The lowest BCUT2D eigenvalue weighted by molar-refractivity contribution is 1.07. The molecule has 2 aromatic heterocycles. The predicted molar refractivity (Wildman–Crippen MR) is 192 cm³/mol. The molecule has 5 nitrogen and oxygen atoms in total. The summed E-state index contributed by atoms with van der Waals surface area (Å²) in [5.74, 6) is 2.80. The summed E-state index contributed by atoms with van der Waals surface area (Å²) in [5.41, 5.74) is 8.10. The van der Waals surface area contributed by atoms with Crippen LogP contribution in [0.2, 0.25) is 0 Å². The van der Waals surface area contributed by atoms with Crippen molar-refractivity contribution in [3.63, 3.8) is 0 Å². The van der Waals surface area contributed by atoms with Crippen molar-refractivity contribution in [1.29, 1.82) is 0 Å². The van der Waals surface area contributed by atoms with Crippen molar-refractivity contribution < 1.29 is 0 Å². The number of aromatic amines is 1. The minimum absolute atomic E-state index is 0.637. The molecule has 0 bridgehead atoms. The van der Waals surface area contributed by atoms with Crippen molar-refractivity contribution >= 4 is 32.6 Å². The molecule has 47 heavy (non-hydrogen) atoms. The Balaban J connectivity index is 1.19. The Morgan fingerprint density at radius 3 is 1.55 bits per heavy atom. The first-order valence-electron chi connectivity index (χ1n) is 15.7. The van der Waals surface area contributed by atoms with Gasteiger partial charge in [0.2, 0.25) is 0 Å². The largest absolute Gasteiger partial charge is 0.338 e. The van der Waals surface area contributed by atoms with Gasteiger partial charge < -0.3 is 4.98 Å². The highest BCUT2D eigenvalue weighted by molar-refractivity contribution is 6.19.